The molecule has 0 aliphatic heterocycles. The lowest BCUT2D eigenvalue weighted by Gasteiger charge is -2.21. The van der Waals surface area contributed by atoms with Gasteiger partial charge in [-0.25, -0.2) is 0 Å². The summed E-state index contributed by atoms with van der Waals surface area (Å²) < 4.78 is 4.93. The summed E-state index contributed by atoms with van der Waals surface area (Å²) in [6.07, 6.45) is 0. The van der Waals surface area contributed by atoms with Crippen LogP contribution in [0, 0.1) is 4.84 Å². The van der Waals surface area contributed by atoms with Crippen molar-refractivity contribution in [3.63, 3.8) is 0 Å². The van der Waals surface area contributed by atoms with E-state index in [-0.39, 0.29) is 10.8 Å². The number of thioether (sulfide) groups is 1. The van der Waals surface area contributed by atoms with Crippen molar-refractivity contribution in [2.75, 3.05) is 5.75 Å². The van der Waals surface area contributed by atoms with Gasteiger partial charge in [-0.15, -0.1) is 16.9 Å². The number of H-pyrrole nitrogens is 2. The van der Waals surface area contributed by atoms with E-state index >= 15 is 0 Å². The van der Waals surface area contributed by atoms with Crippen LogP contribution in [0.15, 0.2) is 9.55 Å². The van der Waals surface area contributed by atoms with Crippen LogP contribution in [0.2, 0.25) is 0 Å². The van der Waals surface area contributed by atoms with E-state index in [9.17, 15) is 0 Å². The number of hydrogen-bond donors (Lipinski definition) is 2. The average molecular weight is 313 g/mol. The highest BCUT2D eigenvalue weighted by atomic mass is 32.2. The lowest BCUT2D eigenvalue weighted by molar-refractivity contribution is 0.384. The molecule has 6 nitrogen and oxygen atoms in total. The highest BCUT2D eigenvalue weighted by molar-refractivity contribution is 7.99. The second-order valence-electron chi connectivity index (χ2n) is 6.36. The minimum atomic E-state index is -0.189. The molecule has 2 aromatic rings. The van der Waals surface area contributed by atoms with Crippen molar-refractivity contribution in [2.24, 2.45) is 0 Å². The molecule has 20 heavy (non-hydrogen) atoms. The van der Waals surface area contributed by atoms with Gasteiger partial charge in [-0.05, 0) is 12.2 Å². The van der Waals surface area contributed by atoms with Crippen LogP contribution < -0.4 is 0 Å². The smallest absolute Gasteiger partial charge is 0.294 e. The Kier molecular flexibility index (Phi) is 4.06. The van der Waals surface area contributed by atoms with Gasteiger partial charge in [0.25, 0.3) is 4.84 Å². The van der Waals surface area contributed by atoms with Gasteiger partial charge in [0.1, 0.15) is 10.7 Å². The second kappa shape index (κ2) is 5.33. The Balaban J connectivity index is 2.13. The van der Waals surface area contributed by atoms with Crippen LogP contribution in [-0.4, -0.2) is 31.3 Å². The number of aromatic nitrogens is 5. The fraction of sp³-hybridized carbons (Fsp3) is 0.667. The maximum Gasteiger partial charge on any atom is 0.294 e. The first-order chi connectivity index (χ1) is 9.20. The van der Waals surface area contributed by atoms with Gasteiger partial charge < -0.3 is 4.52 Å². The monoisotopic (exact) mass is 313 g/mol. The molecule has 2 rings (SSSR count). The molecular formula is C12H19N5OS2. The normalized spacial score (nSPS) is 12.8. The van der Waals surface area contributed by atoms with Crippen molar-refractivity contribution in [3.05, 3.63) is 16.4 Å². The molecule has 2 heterocycles. The summed E-state index contributed by atoms with van der Waals surface area (Å²) in [6.45, 7) is 10.5. The molecule has 0 amide bonds. The van der Waals surface area contributed by atoms with Crippen LogP contribution in [0.25, 0.3) is 0 Å². The molecule has 0 radical (unpaired) electrons. The third-order valence-electron chi connectivity index (χ3n) is 2.89. The summed E-state index contributed by atoms with van der Waals surface area (Å²) in [5, 5.41) is 16.0. The highest BCUT2D eigenvalue weighted by Gasteiger charge is 2.28. The number of nitrogens with zero attached hydrogens (tertiary/aromatic N) is 3. The van der Waals surface area contributed by atoms with Crippen LogP contribution in [0.5, 0.6) is 0 Å². The number of rotatable bonds is 4. The molecule has 0 unspecified atom stereocenters. The summed E-state index contributed by atoms with van der Waals surface area (Å²) in [5.41, 5.74) is 0.755. The first-order valence-electron chi connectivity index (χ1n) is 6.31. The fourth-order valence-corrected chi connectivity index (χ4v) is 3.02. The summed E-state index contributed by atoms with van der Waals surface area (Å²) in [6, 6.07) is 0. The van der Waals surface area contributed by atoms with Gasteiger partial charge in [0.15, 0.2) is 5.82 Å². The molecular weight excluding hydrogens is 294 g/mol. The standard InChI is InChI=1S/C12H19N5OS2/c1-11(2,3)7-8(15-17-14-7)20-6-12(4,5)9-13-10(19)18-16-9/h6H2,1-5H3,(H,13,16,19)(H,14,15,17). The molecule has 0 spiro atoms. The lowest BCUT2D eigenvalue weighted by atomic mass is 9.93. The first-order valence-corrected chi connectivity index (χ1v) is 7.70. The maximum absolute atomic E-state index is 4.93. The van der Waals surface area contributed by atoms with Crippen molar-refractivity contribution < 1.29 is 4.52 Å². The van der Waals surface area contributed by atoms with Crippen LogP contribution in [0.1, 0.15) is 46.1 Å². The van der Waals surface area contributed by atoms with E-state index < -0.39 is 0 Å². The second-order valence-corrected chi connectivity index (χ2v) is 7.71. The van der Waals surface area contributed by atoms with E-state index in [2.05, 4.69) is 60.2 Å². The molecule has 0 fully saturated rings. The molecule has 0 saturated carbocycles. The van der Waals surface area contributed by atoms with E-state index in [1.54, 1.807) is 11.8 Å². The van der Waals surface area contributed by atoms with Gasteiger partial charge in [-0.2, -0.15) is 0 Å². The molecule has 0 atom stereocenters. The van der Waals surface area contributed by atoms with E-state index in [4.69, 9.17) is 16.7 Å². The predicted molar refractivity (Wildman–Crippen MR) is 80.5 cm³/mol. The predicted octanol–water partition coefficient (Wildman–Crippen LogP) is 3.22. The van der Waals surface area contributed by atoms with Crippen molar-refractivity contribution in [2.45, 2.75) is 50.5 Å². The average Bonchev–Trinajstić information content (AvgIpc) is 2.93. The minimum Gasteiger partial charge on any atom is -0.324 e. The summed E-state index contributed by atoms with van der Waals surface area (Å²) in [5.74, 6) is 1.55. The molecule has 2 aromatic heterocycles. The summed E-state index contributed by atoms with van der Waals surface area (Å²) >= 11 is 6.59. The van der Waals surface area contributed by atoms with Crippen molar-refractivity contribution in [1.29, 1.82) is 0 Å². The molecule has 0 aliphatic carbocycles. The van der Waals surface area contributed by atoms with Crippen LogP contribution >= 0.6 is 24.0 Å². The van der Waals surface area contributed by atoms with E-state index in [1.165, 1.54) is 0 Å². The Morgan fingerprint density at radius 2 is 1.95 bits per heavy atom. The Bertz CT molecular complexity index is 635. The zero-order valence-electron chi connectivity index (χ0n) is 12.3. The Morgan fingerprint density at radius 3 is 2.50 bits per heavy atom. The number of hydrogen-bond acceptors (Lipinski definition) is 6. The highest BCUT2D eigenvalue weighted by Crippen LogP contribution is 2.33. The summed E-state index contributed by atoms with van der Waals surface area (Å²) in [4.78, 5) is 3.28. The van der Waals surface area contributed by atoms with Gasteiger partial charge in [0.2, 0.25) is 0 Å². The summed E-state index contributed by atoms with van der Waals surface area (Å²) in [7, 11) is 0. The molecule has 0 aromatic carbocycles. The Morgan fingerprint density at radius 1 is 1.25 bits per heavy atom. The van der Waals surface area contributed by atoms with Crippen LogP contribution in [0.3, 0.4) is 0 Å². The first kappa shape index (κ1) is 15.2. The SMILES string of the molecule is CC(C)(C)c1nn[nH]c1SCC(C)(C)c1noc(=S)[nH]1. The van der Waals surface area contributed by atoms with E-state index in [0.29, 0.717) is 4.84 Å². The third kappa shape index (κ3) is 3.29. The topological polar surface area (TPSA) is 83.4 Å². The zero-order chi connectivity index (χ0) is 15.0. The minimum absolute atomic E-state index is 0.0344. The van der Waals surface area contributed by atoms with Gasteiger partial charge >= 0.3 is 0 Å². The van der Waals surface area contributed by atoms with Gasteiger partial charge in [-0.1, -0.05) is 45.0 Å². The quantitative estimate of drug-likeness (QED) is 0.666. The Labute approximate surface area is 127 Å². The third-order valence-corrected chi connectivity index (χ3v) is 4.50. The van der Waals surface area contributed by atoms with Gasteiger partial charge in [0, 0.05) is 16.6 Å². The molecule has 2 N–H and O–H groups in total. The van der Waals surface area contributed by atoms with Gasteiger partial charge in [-0.3, -0.25) is 10.1 Å². The number of aromatic amines is 2. The van der Waals surface area contributed by atoms with Gasteiger partial charge in [0.05, 0.1) is 0 Å². The Hall–Kier alpha value is -1.15. The van der Waals surface area contributed by atoms with Crippen molar-refractivity contribution in [1.82, 2.24) is 25.6 Å². The fourth-order valence-electron chi connectivity index (χ4n) is 1.65. The van der Waals surface area contributed by atoms with E-state index in [0.717, 1.165) is 22.3 Å². The van der Waals surface area contributed by atoms with Crippen molar-refractivity contribution in [3.8, 4) is 0 Å². The zero-order valence-corrected chi connectivity index (χ0v) is 13.9. The van der Waals surface area contributed by atoms with Crippen molar-refractivity contribution >= 4 is 24.0 Å². The molecule has 0 saturated heterocycles. The molecule has 0 aliphatic rings. The molecule has 0 bridgehead atoms. The molecule has 110 valence electrons. The van der Waals surface area contributed by atoms with Crippen LogP contribution in [0.4, 0.5) is 0 Å². The largest absolute Gasteiger partial charge is 0.324 e. The van der Waals surface area contributed by atoms with Crippen LogP contribution in [-0.2, 0) is 10.8 Å². The number of nitrogens with one attached hydrogen (secondary N) is 2. The maximum atomic E-state index is 4.93. The lowest BCUT2D eigenvalue weighted by Crippen LogP contribution is -2.22. The van der Waals surface area contributed by atoms with E-state index in [1.807, 2.05) is 0 Å². The molecule has 8 heteroatoms.